The van der Waals surface area contributed by atoms with Crippen molar-refractivity contribution in [1.82, 2.24) is 4.57 Å². The first kappa shape index (κ1) is 10.6. The van der Waals surface area contributed by atoms with Crippen LogP contribution in [0.15, 0.2) is 16.6 Å². The Morgan fingerprint density at radius 1 is 1.67 bits per heavy atom. The topological polar surface area (TPSA) is 60.4 Å². The average Bonchev–Trinajstić information content (AvgIpc) is 2.77. The highest BCUT2D eigenvalue weighted by atomic mass is 32.1. The minimum absolute atomic E-state index is 0.0130. The molecule has 1 fully saturated rings. The van der Waals surface area contributed by atoms with Crippen LogP contribution >= 0.6 is 11.3 Å². The van der Waals surface area contributed by atoms with Gasteiger partial charge in [-0.05, 0) is 19.3 Å². The van der Waals surface area contributed by atoms with Crippen molar-refractivity contribution in [1.29, 1.82) is 0 Å². The van der Waals surface area contributed by atoms with E-state index >= 15 is 0 Å². The van der Waals surface area contributed by atoms with Crippen molar-refractivity contribution in [3.05, 3.63) is 16.4 Å². The summed E-state index contributed by atoms with van der Waals surface area (Å²) >= 11 is 1.48. The lowest BCUT2D eigenvalue weighted by atomic mass is 10.1. The van der Waals surface area contributed by atoms with Crippen LogP contribution in [0, 0.1) is 5.92 Å². The normalized spacial score (nSPS) is 27.2. The maximum Gasteiger partial charge on any atom is 0.251 e. The lowest BCUT2D eigenvalue weighted by Gasteiger charge is -2.02. The highest BCUT2D eigenvalue weighted by Crippen LogP contribution is 2.24. The Bertz CT molecular complexity index is 420. The molecule has 0 bridgehead atoms. The average molecular weight is 225 g/mol. The summed E-state index contributed by atoms with van der Waals surface area (Å²) in [6.45, 7) is 0. The number of nitrogens with zero attached hydrogens (tertiary/aromatic N) is 2. The summed E-state index contributed by atoms with van der Waals surface area (Å²) in [7, 11) is 1.89. The summed E-state index contributed by atoms with van der Waals surface area (Å²) in [6.07, 6.45) is 4.52. The van der Waals surface area contributed by atoms with Gasteiger partial charge in [0.1, 0.15) is 0 Å². The van der Waals surface area contributed by atoms with E-state index in [1.54, 1.807) is 0 Å². The molecule has 0 aromatic carbocycles. The van der Waals surface area contributed by atoms with E-state index in [2.05, 4.69) is 4.99 Å². The molecular formula is C10H15N3OS. The van der Waals surface area contributed by atoms with Crippen LogP contribution in [-0.2, 0) is 11.8 Å². The number of hydrogen-bond donors (Lipinski definition) is 1. The Morgan fingerprint density at radius 3 is 3.00 bits per heavy atom. The molecule has 1 aromatic rings. The number of nitrogens with two attached hydrogens (primary N) is 1. The zero-order valence-electron chi connectivity index (χ0n) is 8.72. The Morgan fingerprint density at radius 2 is 2.47 bits per heavy atom. The Balaban J connectivity index is 2.13. The van der Waals surface area contributed by atoms with E-state index in [-0.39, 0.29) is 17.9 Å². The van der Waals surface area contributed by atoms with Crippen molar-refractivity contribution in [3.63, 3.8) is 0 Å². The fraction of sp³-hybridized carbons (Fsp3) is 0.600. The van der Waals surface area contributed by atoms with Gasteiger partial charge in [0.05, 0.1) is 0 Å². The summed E-state index contributed by atoms with van der Waals surface area (Å²) < 4.78 is 1.86. The first-order valence-electron chi connectivity index (χ1n) is 5.11. The number of thiazole rings is 1. The summed E-state index contributed by atoms with van der Waals surface area (Å²) in [5.74, 6) is 0.0306. The monoisotopic (exact) mass is 225 g/mol. The Hall–Kier alpha value is -0.940. The second-order valence-corrected chi connectivity index (χ2v) is 4.89. The first-order valence-corrected chi connectivity index (χ1v) is 5.99. The predicted octanol–water partition coefficient (Wildman–Crippen LogP) is 0.641. The van der Waals surface area contributed by atoms with E-state index in [1.165, 1.54) is 11.3 Å². The molecular weight excluding hydrogens is 210 g/mol. The number of aromatic nitrogens is 1. The van der Waals surface area contributed by atoms with Crippen LogP contribution in [0.3, 0.4) is 0 Å². The predicted molar refractivity (Wildman–Crippen MR) is 59.2 cm³/mol. The molecule has 1 saturated carbocycles. The van der Waals surface area contributed by atoms with Gasteiger partial charge in [0.25, 0.3) is 5.91 Å². The summed E-state index contributed by atoms with van der Waals surface area (Å²) in [4.78, 5) is 16.7. The minimum Gasteiger partial charge on any atom is -0.328 e. The zero-order chi connectivity index (χ0) is 10.8. The smallest absolute Gasteiger partial charge is 0.251 e. The standard InChI is InChI=1S/C10H15N3OS/c1-13-4-5-15-10(13)12-9(14)7-2-3-8(11)6-7/h4-5,7-8H,2-3,6,11H2,1H3. The van der Waals surface area contributed by atoms with Crippen molar-refractivity contribution < 1.29 is 4.79 Å². The van der Waals surface area contributed by atoms with Gasteiger partial charge in [0, 0.05) is 30.6 Å². The third-order valence-electron chi connectivity index (χ3n) is 2.79. The molecule has 0 spiro atoms. The van der Waals surface area contributed by atoms with Crippen molar-refractivity contribution in [2.75, 3.05) is 0 Å². The van der Waals surface area contributed by atoms with Gasteiger partial charge in [-0.3, -0.25) is 4.79 Å². The van der Waals surface area contributed by atoms with E-state index < -0.39 is 0 Å². The molecule has 5 heteroatoms. The van der Waals surface area contributed by atoms with Crippen LogP contribution in [0.1, 0.15) is 19.3 Å². The van der Waals surface area contributed by atoms with Gasteiger partial charge in [-0.25, -0.2) is 0 Å². The summed E-state index contributed by atoms with van der Waals surface area (Å²) in [5.41, 5.74) is 5.77. The lowest BCUT2D eigenvalue weighted by Crippen LogP contribution is -2.19. The molecule has 1 aromatic heterocycles. The lowest BCUT2D eigenvalue weighted by molar-refractivity contribution is -0.121. The Labute approximate surface area is 92.4 Å². The van der Waals surface area contributed by atoms with Gasteiger partial charge in [0.2, 0.25) is 0 Å². The molecule has 0 saturated heterocycles. The SMILES string of the molecule is Cn1ccsc1=NC(=O)C1CCC(N)C1. The molecule has 82 valence electrons. The molecule has 2 atom stereocenters. The number of aryl methyl sites for hydroxylation is 1. The number of carbonyl (C=O) groups excluding carboxylic acids is 1. The van der Waals surface area contributed by atoms with Gasteiger partial charge < -0.3 is 10.3 Å². The summed E-state index contributed by atoms with van der Waals surface area (Å²) in [5, 5.41) is 1.92. The van der Waals surface area contributed by atoms with Crippen LogP contribution in [0.4, 0.5) is 0 Å². The molecule has 1 heterocycles. The van der Waals surface area contributed by atoms with Crippen molar-refractivity contribution in [3.8, 4) is 0 Å². The molecule has 4 nitrogen and oxygen atoms in total. The molecule has 0 radical (unpaired) electrons. The molecule has 15 heavy (non-hydrogen) atoms. The van der Waals surface area contributed by atoms with Crippen molar-refractivity contribution >= 4 is 17.2 Å². The van der Waals surface area contributed by atoms with Gasteiger partial charge in [-0.15, -0.1) is 11.3 Å². The maximum absolute atomic E-state index is 11.8. The molecule has 1 amide bonds. The van der Waals surface area contributed by atoms with Gasteiger partial charge >= 0.3 is 0 Å². The zero-order valence-corrected chi connectivity index (χ0v) is 9.54. The number of rotatable bonds is 1. The van der Waals surface area contributed by atoms with E-state index in [9.17, 15) is 4.79 Å². The third kappa shape index (κ3) is 2.35. The molecule has 0 aliphatic heterocycles. The second-order valence-electron chi connectivity index (χ2n) is 4.02. The van der Waals surface area contributed by atoms with Crippen LogP contribution in [-0.4, -0.2) is 16.5 Å². The van der Waals surface area contributed by atoms with Crippen molar-refractivity contribution in [2.24, 2.45) is 23.7 Å². The van der Waals surface area contributed by atoms with Gasteiger partial charge in [-0.1, -0.05) is 0 Å². The fourth-order valence-corrected chi connectivity index (χ4v) is 2.60. The van der Waals surface area contributed by atoms with Crippen LogP contribution in [0.5, 0.6) is 0 Å². The number of carbonyl (C=O) groups is 1. The van der Waals surface area contributed by atoms with E-state index in [0.717, 1.165) is 24.1 Å². The summed E-state index contributed by atoms with van der Waals surface area (Å²) in [6, 6.07) is 0.186. The van der Waals surface area contributed by atoms with Gasteiger partial charge in [0.15, 0.2) is 4.80 Å². The van der Waals surface area contributed by atoms with Crippen LogP contribution < -0.4 is 10.5 Å². The minimum atomic E-state index is -0.0130. The first-order chi connectivity index (χ1) is 7.16. The molecule has 2 rings (SSSR count). The van der Waals surface area contributed by atoms with Crippen LogP contribution in [0.25, 0.3) is 0 Å². The highest BCUT2D eigenvalue weighted by molar-refractivity contribution is 7.07. The second kappa shape index (κ2) is 4.28. The van der Waals surface area contributed by atoms with E-state index in [4.69, 9.17) is 5.73 Å². The number of hydrogen-bond acceptors (Lipinski definition) is 3. The van der Waals surface area contributed by atoms with E-state index in [1.807, 2.05) is 23.2 Å². The molecule has 2 unspecified atom stereocenters. The van der Waals surface area contributed by atoms with E-state index in [0.29, 0.717) is 0 Å². The quantitative estimate of drug-likeness (QED) is 0.762. The van der Waals surface area contributed by atoms with Crippen LogP contribution in [0.2, 0.25) is 0 Å². The molecule has 1 aliphatic rings. The largest absolute Gasteiger partial charge is 0.328 e. The number of amides is 1. The fourth-order valence-electron chi connectivity index (χ4n) is 1.86. The maximum atomic E-state index is 11.8. The van der Waals surface area contributed by atoms with Crippen molar-refractivity contribution in [2.45, 2.75) is 25.3 Å². The Kier molecular flexibility index (Phi) is 3.02. The van der Waals surface area contributed by atoms with Gasteiger partial charge in [-0.2, -0.15) is 4.99 Å². The molecule has 1 aliphatic carbocycles. The molecule has 2 N–H and O–H groups in total. The highest BCUT2D eigenvalue weighted by Gasteiger charge is 2.27. The third-order valence-corrected chi connectivity index (χ3v) is 3.64.